The fourth-order valence-corrected chi connectivity index (χ4v) is 1.94. The van der Waals surface area contributed by atoms with Gasteiger partial charge in [0.25, 0.3) is 0 Å². The standard InChI is InChI=1S/C11H24N2O2/c1-6-15-10(14)9(2)7-11(3,4)8-13(5)12/h9H,6-8,12H2,1-5H3. The van der Waals surface area contributed by atoms with Crippen LogP contribution in [0.4, 0.5) is 0 Å². The monoisotopic (exact) mass is 216 g/mol. The molecule has 0 amide bonds. The lowest BCUT2D eigenvalue weighted by molar-refractivity contribution is -0.148. The number of esters is 1. The molecule has 2 N–H and O–H groups in total. The molecule has 0 rings (SSSR count). The molecule has 0 fully saturated rings. The van der Waals surface area contributed by atoms with Crippen molar-refractivity contribution in [3.63, 3.8) is 0 Å². The zero-order valence-electron chi connectivity index (χ0n) is 10.5. The van der Waals surface area contributed by atoms with Gasteiger partial charge in [0.05, 0.1) is 12.5 Å². The number of ether oxygens (including phenoxy) is 1. The summed E-state index contributed by atoms with van der Waals surface area (Å²) in [6.07, 6.45) is 0.785. The number of hydrazine groups is 1. The highest BCUT2D eigenvalue weighted by molar-refractivity contribution is 5.71. The Morgan fingerprint density at radius 2 is 2.07 bits per heavy atom. The van der Waals surface area contributed by atoms with E-state index in [1.54, 1.807) is 5.01 Å². The van der Waals surface area contributed by atoms with E-state index in [0.717, 1.165) is 13.0 Å². The summed E-state index contributed by atoms with van der Waals surface area (Å²) in [6.45, 7) is 9.13. The van der Waals surface area contributed by atoms with Crippen LogP contribution in [0.25, 0.3) is 0 Å². The lowest BCUT2D eigenvalue weighted by Gasteiger charge is -2.29. The Bertz CT molecular complexity index is 203. The molecular formula is C11H24N2O2. The van der Waals surface area contributed by atoms with Gasteiger partial charge in [-0.05, 0) is 18.8 Å². The Balaban J connectivity index is 4.14. The normalized spacial score (nSPS) is 14.1. The van der Waals surface area contributed by atoms with Crippen LogP contribution >= 0.6 is 0 Å². The number of carbonyl (C=O) groups excluding carboxylic acids is 1. The van der Waals surface area contributed by atoms with Crippen LogP contribution in [0.1, 0.15) is 34.1 Å². The van der Waals surface area contributed by atoms with Gasteiger partial charge in [0.2, 0.25) is 0 Å². The molecule has 0 aliphatic carbocycles. The van der Waals surface area contributed by atoms with Crippen LogP contribution in [0.3, 0.4) is 0 Å². The summed E-state index contributed by atoms with van der Waals surface area (Å²) in [5.41, 5.74) is 0.0235. The second-order valence-corrected chi connectivity index (χ2v) is 4.94. The number of hydrogen-bond acceptors (Lipinski definition) is 4. The first-order valence-electron chi connectivity index (χ1n) is 5.41. The van der Waals surface area contributed by atoms with Gasteiger partial charge in [0.1, 0.15) is 0 Å². The number of hydrogen-bond donors (Lipinski definition) is 1. The maximum absolute atomic E-state index is 11.4. The van der Waals surface area contributed by atoms with E-state index in [9.17, 15) is 4.79 Å². The zero-order valence-corrected chi connectivity index (χ0v) is 10.5. The third-order valence-corrected chi connectivity index (χ3v) is 2.23. The molecule has 0 heterocycles. The SMILES string of the molecule is CCOC(=O)C(C)CC(C)(C)CN(C)N. The summed E-state index contributed by atoms with van der Waals surface area (Å²) in [5, 5.41) is 1.65. The number of carbonyl (C=O) groups is 1. The van der Waals surface area contributed by atoms with Crippen molar-refractivity contribution in [2.24, 2.45) is 17.2 Å². The molecule has 90 valence electrons. The van der Waals surface area contributed by atoms with Gasteiger partial charge in [-0.15, -0.1) is 0 Å². The predicted octanol–water partition coefficient (Wildman–Crippen LogP) is 1.41. The van der Waals surface area contributed by atoms with Crippen LogP contribution < -0.4 is 5.84 Å². The fourth-order valence-electron chi connectivity index (χ4n) is 1.94. The second kappa shape index (κ2) is 6.08. The van der Waals surface area contributed by atoms with Crippen LogP contribution in [-0.2, 0) is 9.53 Å². The first-order chi connectivity index (χ1) is 6.78. The topological polar surface area (TPSA) is 55.6 Å². The molecule has 0 radical (unpaired) electrons. The summed E-state index contributed by atoms with van der Waals surface area (Å²) in [6, 6.07) is 0. The van der Waals surface area contributed by atoms with Gasteiger partial charge < -0.3 is 4.74 Å². The Morgan fingerprint density at radius 1 is 1.53 bits per heavy atom. The molecule has 0 aromatic rings. The third-order valence-electron chi connectivity index (χ3n) is 2.23. The maximum Gasteiger partial charge on any atom is 0.308 e. The Labute approximate surface area is 92.7 Å². The number of rotatable bonds is 6. The Morgan fingerprint density at radius 3 is 2.47 bits per heavy atom. The van der Waals surface area contributed by atoms with E-state index < -0.39 is 0 Å². The van der Waals surface area contributed by atoms with Gasteiger partial charge in [0.15, 0.2) is 0 Å². The molecule has 0 aromatic heterocycles. The third kappa shape index (κ3) is 6.47. The predicted molar refractivity (Wildman–Crippen MR) is 61.0 cm³/mol. The smallest absolute Gasteiger partial charge is 0.308 e. The maximum atomic E-state index is 11.4. The molecule has 0 aliphatic heterocycles. The summed E-state index contributed by atoms with van der Waals surface area (Å²) >= 11 is 0. The van der Waals surface area contributed by atoms with Crippen LogP contribution in [0, 0.1) is 11.3 Å². The first-order valence-corrected chi connectivity index (χ1v) is 5.41. The Hall–Kier alpha value is -0.610. The molecule has 15 heavy (non-hydrogen) atoms. The highest BCUT2D eigenvalue weighted by Crippen LogP contribution is 2.26. The Kier molecular flexibility index (Phi) is 5.83. The van der Waals surface area contributed by atoms with E-state index >= 15 is 0 Å². The molecule has 0 aromatic carbocycles. The van der Waals surface area contributed by atoms with Gasteiger partial charge in [-0.2, -0.15) is 0 Å². The van der Waals surface area contributed by atoms with Crippen molar-refractivity contribution in [3.05, 3.63) is 0 Å². The van der Waals surface area contributed by atoms with E-state index in [4.69, 9.17) is 10.6 Å². The van der Waals surface area contributed by atoms with Crippen molar-refractivity contribution in [2.75, 3.05) is 20.2 Å². The summed E-state index contributed by atoms with van der Waals surface area (Å²) < 4.78 is 4.97. The van der Waals surface area contributed by atoms with Crippen molar-refractivity contribution < 1.29 is 9.53 Å². The summed E-state index contributed by atoms with van der Waals surface area (Å²) in [4.78, 5) is 11.4. The second-order valence-electron chi connectivity index (χ2n) is 4.94. The van der Waals surface area contributed by atoms with E-state index in [2.05, 4.69) is 13.8 Å². The molecule has 1 unspecified atom stereocenters. The molecule has 0 bridgehead atoms. The minimum absolute atomic E-state index is 0.0235. The fraction of sp³-hybridized carbons (Fsp3) is 0.909. The van der Waals surface area contributed by atoms with Crippen molar-refractivity contribution in [3.8, 4) is 0 Å². The molecule has 4 nitrogen and oxygen atoms in total. The van der Waals surface area contributed by atoms with Crippen molar-refractivity contribution in [1.82, 2.24) is 5.01 Å². The zero-order chi connectivity index (χ0) is 12.1. The molecule has 1 atom stereocenters. The van der Waals surface area contributed by atoms with Gasteiger partial charge in [0, 0.05) is 13.6 Å². The molecule has 0 saturated carbocycles. The molecular weight excluding hydrogens is 192 g/mol. The largest absolute Gasteiger partial charge is 0.466 e. The van der Waals surface area contributed by atoms with Crippen LogP contribution in [0.2, 0.25) is 0 Å². The number of nitrogens with zero attached hydrogens (tertiary/aromatic N) is 1. The van der Waals surface area contributed by atoms with Crippen molar-refractivity contribution in [1.29, 1.82) is 0 Å². The van der Waals surface area contributed by atoms with E-state index in [0.29, 0.717) is 6.61 Å². The highest BCUT2D eigenvalue weighted by Gasteiger charge is 2.26. The highest BCUT2D eigenvalue weighted by atomic mass is 16.5. The van der Waals surface area contributed by atoms with Gasteiger partial charge in [-0.25, -0.2) is 5.01 Å². The molecule has 4 heteroatoms. The van der Waals surface area contributed by atoms with Crippen LogP contribution in [-0.4, -0.2) is 31.2 Å². The lowest BCUT2D eigenvalue weighted by Crippen LogP contribution is -2.37. The minimum Gasteiger partial charge on any atom is -0.466 e. The van der Waals surface area contributed by atoms with Crippen molar-refractivity contribution in [2.45, 2.75) is 34.1 Å². The van der Waals surface area contributed by atoms with Crippen LogP contribution in [0.5, 0.6) is 0 Å². The first kappa shape index (κ1) is 14.4. The van der Waals surface area contributed by atoms with Gasteiger partial charge in [-0.3, -0.25) is 10.6 Å². The average molecular weight is 216 g/mol. The lowest BCUT2D eigenvalue weighted by atomic mass is 9.83. The molecule has 0 spiro atoms. The van der Waals surface area contributed by atoms with Gasteiger partial charge >= 0.3 is 5.97 Å². The molecule has 0 saturated heterocycles. The quantitative estimate of drug-likeness (QED) is 0.414. The summed E-state index contributed by atoms with van der Waals surface area (Å²) in [5.74, 6) is 5.42. The van der Waals surface area contributed by atoms with E-state index in [-0.39, 0.29) is 17.3 Å². The van der Waals surface area contributed by atoms with Crippen LogP contribution in [0.15, 0.2) is 0 Å². The minimum atomic E-state index is -0.120. The number of nitrogens with two attached hydrogens (primary N) is 1. The van der Waals surface area contributed by atoms with E-state index in [1.807, 2.05) is 20.9 Å². The molecule has 0 aliphatic rings. The summed E-state index contributed by atoms with van der Waals surface area (Å²) in [7, 11) is 1.83. The van der Waals surface area contributed by atoms with Gasteiger partial charge in [-0.1, -0.05) is 20.8 Å². The van der Waals surface area contributed by atoms with E-state index in [1.165, 1.54) is 0 Å². The average Bonchev–Trinajstić information content (AvgIpc) is 2.00. The van der Waals surface area contributed by atoms with Crippen molar-refractivity contribution >= 4 is 5.97 Å².